The quantitative estimate of drug-likeness (QED) is 0.793. The smallest absolute Gasteiger partial charge is 0.416 e. The molecule has 126 valence electrons. The second kappa shape index (κ2) is 5.40. The van der Waals surface area contributed by atoms with Crippen molar-refractivity contribution in [1.29, 1.82) is 0 Å². The Balaban J connectivity index is 1.90. The molecule has 0 radical (unpaired) electrons. The summed E-state index contributed by atoms with van der Waals surface area (Å²) in [6.45, 7) is 4.26. The fourth-order valence-corrected chi connectivity index (χ4v) is 2.95. The third-order valence-electron chi connectivity index (χ3n) is 4.16. The molecular weight excluding hydrogens is 311 g/mol. The number of hydrogen-bond acceptors (Lipinski definition) is 3. The van der Waals surface area contributed by atoms with Gasteiger partial charge in [0.1, 0.15) is 18.5 Å². The Bertz CT molecular complexity index is 627. The summed E-state index contributed by atoms with van der Waals surface area (Å²) in [6.07, 6.45) is -3.78. The van der Waals surface area contributed by atoms with Crippen LogP contribution < -0.4 is 9.64 Å². The van der Waals surface area contributed by atoms with E-state index in [1.807, 2.05) is 13.8 Å². The topological polar surface area (TPSA) is 38.8 Å². The number of alkyl halides is 3. The van der Waals surface area contributed by atoms with Crippen molar-refractivity contribution in [3.63, 3.8) is 0 Å². The van der Waals surface area contributed by atoms with Gasteiger partial charge in [-0.2, -0.15) is 13.2 Å². The van der Waals surface area contributed by atoms with Gasteiger partial charge in [-0.1, -0.05) is 0 Å². The molecule has 2 aliphatic rings. The first-order chi connectivity index (χ1) is 10.7. The fourth-order valence-electron chi connectivity index (χ4n) is 2.95. The molecule has 1 unspecified atom stereocenters. The van der Waals surface area contributed by atoms with E-state index >= 15 is 0 Å². The zero-order chi connectivity index (χ0) is 16.8. The summed E-state index contributed by atoms with van der Waals surface area (Å²) in [4.78, 5) is 14.0. The molecule has 0 bridgehead atoms. The average Bonchev–Trinajstić information content (AvgIpc) is 2.84. The molecule has 1 aromatic rings. The zero-order valence-corrected chi connectivity index (χ0v) is 12.9. The number of carbonyl (C=O) groups is 1. The number of fused-ring (bicyclic) bond motifs is 1. The summed E-state index contributed by atoms with van der Waals surface area (Å²) in [7, 11) is 0. The van der Waals surface area contributed by atoms with Crippen LogP contribution in [0.25, 0.3) is 0 Å². The molecule has 4 nitrogen and oxygen atoms in total. The van der Waals surface area contributed by atoms with Crippen molar-refractivity contribution in [2.75, 3.05) is 18.1 Å². The van der Waals surface area contributed by atoms with Crippen molar-refractivity contribution in [3.8, 4) is 5.75 Å². The van der Waals surface area contributed by atoms with Crippen LogP contribution in [0.5, 0.6) is 5.75 Å². The second-order valence-electron chi connectivity index (χ2n) is 6.42. The maximum Gasteiger partial charge on any atom is 0.416 e. The highest BCUT2D eigenvalue weighted by atomic mass is 19.4. The molecule has 0 saturated carbocycles. The van der Waals surface area contributed by atoms with E-state index in [9.17, 15) is 18.0 Å². The number of amides is 1. The van der Waals surface area contributed by atoms with Crippen LogP contribution in [0, 0.1) is 0 Å². The van der Waals surface area contributed by atoms with E-state index in [4.69, 9.17) is 9.47 Å². The van der Waals surface area contributed by atoms with Crippen LogP contribution in [-0.2, 0) is 15.7 Å². The van der Waals surface area contributed by atoms with Gasteiger partial charge >= 0.3 is 6.18 Å². The predicted octanol–water partition coefficient (Wildman–Crippen LogP) is 3.39. The molecule has 3 rings (SSSR count). The van der Waals surface area contributed by atoms with Gasteiger partial charge in [0, 0.05) is 0 Å². The van der Waals surface area contributed by atoms with Crippen molar-refractivity contribution in [2.45, 2.75) is 44.6 Å². The largest absolute Gasteiger partial charge is 0.490 e. The van der Waals surface area contributed by atoms with E-state index in [1.54, 1.807) is 0 Å². The number of rotatable bonds is 1. The highest BCUT2D eigenvalue weighted by Crippen LogP contribution is 2.39. The lowest BCUT2D eigenvalue weighted by molar-refractivity contribution is -0.138. The van der Waals surface area contributed by atoms with Crippen molar-refractivity contribution >= 4 is 11.6 Å². The molecule has 7 heteroatoms. The number of hydrogen-bond donors (Lipinski definition) is 0. The maximum atomic E-state index is 12.9. The first-order valence-electron chi connectivity index (χ1n) is 7.51. The van der Waals surface area contributed by atoms with Gasteiger partial charge in [0.05, 0.1) is 23.4 Å². The van der Waals surface area contributed by atoms with Crippen LogP contribution in [-0.4, -0.2) is 30.8 Å². The van der Waals surface area contributed by atoms with Gasteiger partial charge in [-0.15, -0.1) is 0 Å². The summed E-state index contributed by atoms with van der Waals surface area (Å²) >= 11 is 0. The van der Waals surface area contributed by atoms with E-state index in [0.29, 0.717) is 6.42 Å². The minimum atomic E-state index is -4.47. The highest BCUT2D eigenvalue weighted by Gasteiger charge is 2.40. The van der Waals surface area contributed by atoms with Gasteiger partial charge in [0.25, 0.3) is 5.91 Å². The molecule has 0 aliphatic carbocycles. The van der Waals surface area contributed by atoms with Crippen LogP contribution in [0.15, 0.2) is 18.2 Å². The lowest BCUT2D eigenvalue weighted by Gasteiger charge is -2.32. The maximum absolute atomic E-state index is 12.9. The van der Waals surface area contributed by atoms with Crippen molar-refractivity contribution in [2.24, 2.45) is 0 Å². The monoisotopic (exact) mass is 329 g/mol. The van der Waals surface area contributed by atoms with E-state index in [0.717, 1.165) is 18.6 Å². The van der Waals surface area contributed by atoms with Gasteiger partial charge in [-0.25, -0.2) is 0 Å². The minimum Gasteiger partial charge on any atom is -0.490 e. The Kier molecular flexibility index (Phi) is 3.78. The minimum absolute atomic E-state index is 0.157. The number of anilines is 1. The molecule has 1 fully saturated rings. The van der Waals surface area contributed by atoms with Gasteiger partial charge in [-0.05, 0) is 44.9 Å². The van der Waals surface area contributed by atoms with Crippen molar-refractivity contribution in [3.05, 3.63) is 23.8 Å². The van der Waals surface area contributed by atoms with Crippen LogP contribution >= 0.6 is 0 Å². The van der Waals surface area contributed by atoms with Crippen LogP contribution in [0.4, 0.5) is 18.9 Å². The summed E-state index contributed by atoms with van der Waals surface area (Å²) in [5, 5.41) is 0. The lowest BCUT2D eigenvalue weighted by atomic mass is 10.0. The number of benzene rings is 1. The predicted molar refractivity (Wildman–Crippen MR) is 77.5 cm³/mol. The number of ether oxygens (including phenoxy) is 2. The van der Waals surface area contributed by atoms with E-state index in [-0.39, 0.29) is 36.1 Å². The Morgan fingerprint density at radius 3 is 2.70 bits per heavy atom. The lowest BCUT2D eigenvalue weighted by Crippen LogP contribution is -2.44. The van der Waals surface area contributed by atoms with E-state index < -0.39 is 17.8 Å². The van der Waals surface area contributed by atoms with Gasteiger partial charge < -0.3 is 14.4 Å². The van der Waals surface area contributed by atoms with Gasteiger partial charge in [0.2, 0.25) is 0 Å². The van der Waals surface area contributed by atoms with Gasteiger partial charge in [0.15, 0.2) is 0 Å². The fraction of sp³-hybridized carbons (Fsp3) is 0.562. The molecule has 0 aromatic heterocycles. The molecular formula is C16H18F3NO3. The standard InChI is InChI=1S/C16H18F3NO3/c1-15(2)6-5-13(23-15)14(21)20-7-8-22-12-4-3-10(9-11(12)20)16(17,18)19/h3-4,9,13H,5-8H2,1-2H3. The molecule has 2 aliphatic heterocycles. The Labute approximate surface area is 132 Å². The third kappa shape index (κ3) is 3.15. The molecule has 0 N–H and O–H groups in total. The van der Waals surface area contributed by atoms with E-state index in [1.165, 1.54) is 11.0 Å². The van der Waals surface area contributed by atoms with Crippen LogP contribution in [0.3, 0.4) is 0 Å². The van der Waals surface area contributed by atoms with Crippen molar-refractivity contribution in [1.82, 2.24) is 0 Å². The summed E-state index contributed by atoms with van der Waals surface area (Å²) in [5.74, 6) is -0.0192. The van der Waals surface area contributed by atoms with Crippen molar-refractivity contribution < 1.29 is 27.4 Å². The Hall–Kier alpha value is -1.76. The normalized spacial score (nSPS) is 23.3. The number of nitrogens with zero attached hydrogens (tertiary/aromatic N) is 1. The molecule has 1 aromatic carbocycles. The Morgan fingerprint density at radius 1 is 1.35 bits per heavy atom. The second-order valence-corrected chi connectivity index (χ2v) is 6.42. The summed E-state index contributed by atoms with van der Waals surface area (Å²) in [5.41, 5.74) is -1.03. The number of halogens is 3. The number of carbonyl (C=O) groups excluding carboxylic acids is 1. The molecule has 0 spiro atoms. The third-order valence-corrected chi connectivity index (χ3v) is 4.16. The molecule has 2 heterocycles. The highest BCUT2D eigenvalue weighted by molar-refractivity contribution is 5.98. The SMILES string of the molecule is CC1(C)CCC(C(=O)N2CCOc3ccc(C(F)(F)F)cc32)O1. The Morgan fingerprint density at radius 2 is 2.09 bits per heavy atom. The molecule has 1 saturated heterocycles. The molecule has 1 amide bonds. The first-order valence-corrected chi connectivity index (χ1v) is 7.51. The van der Waals surface area contributed by atoms with Crippen LogP contribution in [0.1, 0.15) is 32.3 Å². The summed E-state index contributed by atoms with van der Waals surface area (Å²) in [6, 6.07) is 3.19. The summed E-state index contributed by atoms with van der Waals surface area (Å²) < 4.78 is 49.9. The molecule has 23 heavy (non-hydrogen) atoms. The van der Waals surface area contributed by atoms with Gasteiger partial charge in [-0.3, -0.25) is 4.79 Å². The molecule has 1 atom stereocenters. The average molecular weight is 329 g/mol. The van der Waals surface area contributed by atoms with Crippen LogP contribution in [0.2, 0.25) is 0 Å². The first kappa shape index (κ1) is 16.1. The van der Waals surface area contributed by atoms with E-state index in [2.05, 4.69) is 0 Å². The zero-order valence-electron chi connectivity index (χ0n) is 12.9.